The van der Waals surface area contributed by atoms with Gasteiger partial charge in [-0.2, -0.15) is 0 Å². The minimum Gasteiger partial charge on any atom is -0.325 e. The molecule has 3 aromatic rings. The molecule has 4 heteroatoms. The van der Waals surface area contributed by atoms with Crippen molar-refractivity contribution >= 4 is 11.6 Å². The van der Waals surface area contributed by atoms with Crippen LogP contribution in [0.5, 0.6) is 0 Å². The van der Waals surface area contributed by atoms with E-state index < -0.39 is 6.04 Å². The Morgan fingerprint density at radius 2 is 1.69 bits per heavy atom. The van der Waals surface area contributed by atoms with Crippen molar-refractivity contribution in [3.63, 3.8) is 0 Å². The van der Waals surface area contributed by atoms with Gasteiger partial charge in [-0.25, -0.2) is 0 Å². The zero-order chi connectivity index (χ0) is 20.4. The van der Waals surface area contributed by atoms with E-state index in [9.17, 15) is 4.79 Å². The van der Waals surface area contributed by atoms with Crippen molar-refractivity contribution in [2.24, 2.45) is 11.7 Å². The molecule has 4 nitrogen and oxygen atoms in total. The van der Waals surface area contributed by atoms with Gasteiger partial charge in [0.1, 0.15) is 0 Å². The van der Waals surface area contributed by atoms with Crippen molar-refractivity contribution < 1.29 is 4.79 Å². The number of carbonyl (C=O) groups is 1. The molecule has 1 aliphatic rings. The fraction of sp³-hybridized carbons (Fsp3) is 0.280. The number of hydrogen-bond acceptors (Lipinski definition) is 3. The average Bonchev–Trinajstić information content (AvgIpc) is 2.74. The van der Waals surface area contributed by atoms with E-state index in [2.05, 4.69) is 48.4 Å². The quantitative estimate of drug-likeness (QED) is 0.698. The highest BCUT2D eigenvalue weighted by molar-refractivity contribution is 5.95. The third-order valence-corrected chi connectivity index (χ3v) is 5.96. The summed E-state index contributed by atoms with van der Waals surface area (Å²) in [4.78, 5) is 17.0. The molecule has 1 aliphatic carbocycles. The predicted molar refractivity (Wildman–Crippen MR) is 118 cm³/mol. The van der Waals surface area contributed by atoms with Gasteiger partial charge in [0, 0.05) is 18.1 Å². The normalized spacial score (nSPS) is 16.7. The Labute approximate surface area is 172 Å². The zero-order valence-electron chi connectivity index (χ0n) is 17.0. The van der Waals surface area contributed by atoms with Crippen LogP contribution in [0.25, 0.3) is 11.1 Å². The summed E-state index contributed by atoms with van der Waals surface area (Å²) in [5, 5.41) is 2.99. The van der Waals surface area contributed by atoms with Crippen LogP contribution < -0.4 is 11.1 Å². The van der Waals surface area contributed by atoms with Crippen LogP contribution in [0.3, 0.4) is 0 Å². The van der Waals surface area contributed by atoms with Crippen molar-refractivity contribution in [2.75, 3.05) is 5.32 Å². The Kier molecular flexibility index (Phi) is 5.45. The first-order valence-corrected chi connectivity index (χ1v) is 10.2. The van der Waals surface area contributed by atoms with E-state index in [4.69, 9.17) is 5.73 Å². The zero-order valence-corrected chi connectivity index (χ0v) is 17.0. The van der Waals surface area contributed by atoms with Crippen LogP contribution in [0.15, 0.2) is 60.9 Å². The van der Waals surface area contributed by atoms with Gasteiger partial charge in [-0.15, -0.1) is 0 Å². The highest BCUT2D eigenvalue weighted by atomic mass is 16.2. The molecule has 0 aliphatic heterocycles. The van der Waals surface area contributed by atoms with Gasteiger partial charge in [0.15, 0.2) is 0 Å². The smallest absolute Gasteiger partial charge is 0.241 e. The van der Waals surface area contributed by atoms with Crippen LogP contribution in [-0.4, -0.2) is 16.9 Å². The number of nitrogens with one attached hydrogen (secondary N) is 1. The van der Waals surface area contributed by atoms with Gasteiger partial charge < -0.3 is 11.1 Å². The van der Waals surface area contributed by atoms with Gasteiger partial charge in [-0.3, -0.25) is 9.78 Å². The first-order chi connectivity index (χ1) is 14.0. The minimum atomic E-state index is -0.507. The summed E-state index contributed by atoms with van der Waals surface area (Å²) < 4.78 is 0. The molecule has 4 rings (SSSR count). The monoisotopic (exact) mass is 385 g/mol. The highest BCUT2D eigenvalue weighted by Gasteiger charge is 2.28. The van der Waals surface area contributed by atoms with Crippen molar-refractivity contribution in [3.8, 4) is 11.1 Å². The molecule has 1 amide bonds. The van der Waals surface area contributed by atoms with Crippen molar-refractivity contribution in [1.29, 1.82) is 0 Å². The summed E-state index contributed by atoms with van der Waals surface area (Å²) in [7, 11) is 0. The molecule has 1 heterocycles. The van der Waals surface area contributed by atoms with Crippen molar-refractivity contribution in [2.45, 2.75) is 39.2 Å². The fourth-order valence-electron chi connectivity index (χ4n) is 4.35. The second-order valence-corrected chi connectivity index (χ2v) is 8.01. The molecule has 3 N–H and O–H groups in total. The lowest BCUT2D eigenvalue weighted by Gasteiger charge is -2.28. The molecule has 0 radical (unpaired) electrons. The van der Waals surface area contributed by atoms with Crippen LogP contribution in [0.2, 0.25) is 0 Å². The number of pyridine rings is 1. The maximum atomic E-state index is 12.7. The third kappa shape index (κ3) is 4.08. The maximum Gasteiger partial charge on any atom is 0.241 e. The summed E-state index contributed by atoms with van der Waals surface area (Å²) in [6.07, 6.45) is 6.55. The van der Waals surface area contributed by atoms with Gasteiger partial charge in [-0.1, -0.05) is 36.4 Å². The number of carbonyl (C=O) groups excluding carboxylic acids is 1. The van der Waals surface area contributed by atoms with E-state index in [0.29, 0.717) is 0 Å². The number of fused-ring (bicyclic) bond motifs is 1. The number of aryl methyl sites for hydroxylation is 3. The number of hydrogen-bond donors (Lipinski definition) is 2. The second kappa shape index (κ2) is 8.18. The molecule has 2 atom stereocenters. The molecule has 0 spiro atoms. The molecule has 0 saturated carbocycles. The molecule has 1 aromatic heterocycles. The lowest BCUT2D eigenvalue weighted by Crippen LogP contribution is -2.44. The van der Waals surface area contributed by atoms with Gasteiger partial charge in [-0.05, 0) is 84.5 Å². The Morgan fingerprint density at radius 3 is 2.38 bits per heavy atom. The number of rotatable bonds is 4. The van der Waals surface area contributed by atoms with Crippen molar-refractivity contribution in [1.82, 2.24) is 4.98 Å². The van der Waals surface area contributed by atoms with Gasteiger partial charge in [0.25, 0.3) is 0 Å². The van der Waals surface area contributed by atoms with E-state index in [1.165, 1.54) is 16.7 Å². The number of amides is 1. The molecule has 29 heavy (non-hydrogen) atoms. The topological polar surface area (TPSA) is 68.0 Å². The molecular weight excluding hydrogens is 358 g/mol. The minimum absolute atomic E-state index is 0.113. The summed E-state index contributed by atoms with van der Waals surface area (Å²) in [5.74, 6) is 0.0599. The molecule has 0 fully saturated rings. The van der Waals surface area contributed by atoms with E-state index in [0.717, 1.165) is 41.6 Å². The molecular formula is C25H27N3O. The molecule has 0 bridgehead atoms. The average molecular weight is 386 g/mol. The van der Waals surface area contributed by atoms with Crippen LogP contribution in [-0.2, 0) is 17.6 Å². The Bertz CT molecular complexity index is 1010. The number of aromatic nitrogens is 1. The largest absolute Gasteiger partial charge is 0.325 e. The highest BCUT2D eigenvalue weighted by Crippen LogP contribution is 2.29. The van der Waals surface area contributed by atoms with Crippen LogP contribution in [0.1, 0.15) is 28.7 Å². The van der Waals surface area contributed by atoms with Crippen molar-refractivity contribution in [3.05, 3.63) is 83.2 Å². The summed E-state index contributed by atoms with van der Waals surface area (Å²) >= 11 is 0. The molecule has 0 saturated heterocycles. The van der Waals surface area contributed by atoms with E-state index >= 15 is 0 Å². The molecule has 2 unspecified atom stereocenters. The number of nitrogens with two attached hydrogens (primary N) is 1. The third-order valence-electron chi connectivity index (χ3n) is 5.96. The van der Waals surface area contributed by atoms with Crippen LogP contribution in [0.4, 0.5) is 5.69 Å². The van der Waals surface area contributed by atoms with E-state index in [1.54, 1.807) is 0 Å². The second-order valence-electron chi connectivity index (χ2n) is 8.01. The van der Waals surface area contributed by atoms with E-state index in [1.807, 2.05) is 36.7 Å². The predicted octanol–water partition coefficient (Wildman–Crippen LogP) is 4.44. The van der Waals surface area contributed by atoms with Gasteiger partial charge >= 0.3 is 0 Å². The Morgan fingerprint density at radius 1 is 1.03 bits per heavy atom. The number of nitrogens with zero attached hydrogens (tertiary/aromatic N) is 1. The summed E-state index contributed by atoms with van der Waals surface area (Å²) in [6, 6.07) is 15.9. The number of anilines is 1. The lowest BCUT2D eigenvalue weighted by atomic mass is 9.80. The Hall–Kier alpha value is -2.98. The first-order valence-electron chi connectivity index (χ1n) is 10.2. The number of benzene rings is 2. The maximum absolute atomic E-state index is 12.7. The standard InChI is InChI=1S/C25H27N3O/c1-16-14-27-15-17(2)23(16)19-9-11-22(12-10-19)28-25(29)24(26)21-8-7-18-5-3-4-6-20(18)13-21/h3-6,9-12,14-15,21,24H,7-8,13,26H2,1-2H3,(H,28,29). The first kappa shape index (κ1) is 19.3. The molecule has 2 aromatic carbocycles. The lowest BCUT2D eigenvalue weighted by molar-refractivity contribution is -0.118. The van der Waals surface area contributed by atoms with Gasteiger partial charge in [0.2, 0.25) is 5.91 Å². The Balaban J connectivity index is 1.43. The van der Waals surface area contributed by atoms with Gasteiger partial charge in [0.05, 0.1) is 6.04 Å². The van der Waals surface area contributed by atoms with Crippen LogP contribution >= 0.6 is 0 Å². The summed E-state index contributed by atoms with van der Waals surface area (Å²) in [6.45, 7) is 4.12. The molecule has 148 valence electrons. The fourth-order valence-corrected chi connectivity index (χ4v) is 4.35. The van der Waals surface area contributed by atoms with Crippen LogP contribution in [0, 0.1) is 19.8 Å². The SMILES string of the molecule is Cc1cncc(C)c1-c1ccc(NC(=O)C(N)C2CCc3ccccc3C2)cc1. The summed E-state index contributed by atoms with van der Waals surface area (Å²) in [5.41, 5.74) is 14.4. The van der Waals surface area contributed by atoms with E-state index in [-0.39, 0.29) is 11.8 Å².